The summed E-state index contributed by atoms with van der Waals surface area (Å²) in [5, 5.41) is 9.37. The smallest absolute Gasteiger partial charge is 0.351 e. The summed E-state index contributed by atoms with van der Waals surface area (Å²) in [6.45, 7) is -0.657. The summed E-state index contributed by atoms with van der Waals surface area (Å²) >= 11 is 0. The van der Waals surface area contributed by atoms with Gasteiger partial charge >= 0.3 is 13.9 Å². The highest BCUT2D eigenvalue weighted by molar-refractivity contribution is 7.32. The molecule has 1 aliphatic heterocycles. The summed E-state index contributed by atoms with van der Waals surface area (Å²) in [6.07, 6.45) is 2.38. The first-order valence-corrected chi connectivity index (χ1v) is 7.80. The molecular weight excluding hydrogens is 329 g/mol. The molecule has 0 radical (unpaired) electrons. The van der Waals surface area contributed by atoms with Crippen LogP contribution in [0.3, 0.4) is 0 Å². The van der Waals surface area contributed by atoms with Crippen LogP contribution in [-0.2, 0) is 18.6 Å². The number of anilines is 1. The fourth-order valence-electron chi connectivity index (χ4n) is 2.28. The monoisotopic (exact) mass is 345 g/mol. The quantitative estimate of drug-likeness (QED) is 0.414. The van der Waals surface area contributed by atoms with Gasteiger partial charge < -0.3 is 29.7 Å². The molecule has 1 fully saturated rings. The molecule has 0 aromatic carbocycles. The molecule has 0 bridgehead atoms. The van der Waals surface area contributed by atoms with Crippen LogP contribution in [0.25, 0.3) is 0 Å². The molecule has 2 rings (SSSR count). The Morgan fingerprint density at radius 2 is 2.30 bits per heavy atom. The predicted molar refractivity (Wildman–Crippen MR) is 78.6 cm³/mol. The second-order valence-corrected chi connectivity index (χ2v) is 5.39. The third kappa shape index (κ3) is 3.97. The first kappa shape index (κ1) is 17.6. The molecular formula is C12H16N3O7P. The summed E-state index contributed by atoms with van der Waals surface area (Å²) in [6, 6.07) is 1.38. The number of ether oxygens (including phenoxy) is 2. The third-order valence-corrected chi connectivity index (χ3v) is 3.66. The average molecular weight is 345 g/mol. The molecule has 0 saturated carbocycles. The fourth-order valence-corrected chi connectivity index (χ4v) is 2.80. The van der Waals surface area contributed by atoms with Crippen LogP contribution in [0, 0.1) is 12.3 Å². The summed E-state index contributed by atoms with van der Waals surface area (Å²) in [5.41, 5.74) is 4.72. The number of aromatic nitrogens is 2. The summed E-state index contributed by atoms with van der Waals surface area (Å²) in [5.74, 6) is 2.27. The van der Waals surface area contributed by atoms with Crippen molar-refractivity contribution in [3.63, 3.8) is 0 Å². The predicted octanol–water partition coefficient (Wildman–Crippen LogP) is -1.50. The van der Waals surface area contributed by atoms with Crippen LogP contribution in [0.5, 0.6) is 0 Å². The Balaban J connectivity index is 2.37. The Kier molecular flexibility index (Phi) is 5.90. The standard InChI is InChI=1S/C12H16N3O7P/c1-2-5-20-10-9(22-23(18)19)7(6-16)21-11(10)15-4-3-8(13)14-12(15)17/h1,3-4,7,9-11,16,23H,5-6H2,(H,18,19)(H2,13,14,17). The first-order chi connectivity index (χ1) is 11.0. The number of aliphatic hydroxyl groups is 1. The van der Waals surface area contributed by atoms with Gasteiger partial charge in [0.15, 0.2) is 6.23 Å². The molecule has 4 N–H and O–H groups in total. The lowest BCUT2D eigenvalue weighted by atomic mass is 10.1. The molecule has 5 unspecified atom stereocenters. The fraction of sp³-hybridized carbons (Fsp3) is 0.500. The van der Waals surface area contributed by atoms with E-state index < -0.39 is 45.1 Å². The van der Waals surface area contributed by atoms with Gasteiger partial charge in [-0.2, -0.15) is 4.98 Å². The van der Waals surface area contributed by atoms with E-state index in [9.17, 15) is 14.5 Å². The number of hydrogen-bond donors (Lipinski definition) is 3. The number of aliphatic hydroxyl groups excluding tert-OH is 1. The van der Waals surface area contributed by atoms with E-state index >= 15 is 0 Å². The zero-order chi connectivity index (χ0) is 17.0. The molecule has 0 amide bonds. The Morgan fingerprint density at radius 3 is 2.87 bits per heavy atom. The largest absolute Gasteiger partial charge is 0.394 e. The lowest BCUT2D eigenvalue weighted by Crippen LogP contribution is -2.39. The van der Waals surface area contributed by atoms with Gasteiger partial charge in [-0.15, -0.1) is 6.42 Å². The van der Waals surface area contributed by atoms with Gasteiger partial charge in [-0.3, -0.25) is 9.13 Å². The van der Waals surface area contributed by atoms with Crippen LogP contribution in [0.4, 0.5) is 5.82 Å². The van der Waals surface area contributed by atoms with Gasteiger partial charge in [-0.25, -0.2) is 4.79 Å². The van der Waals surface area contributed by atoms with Crippen molar-refractivity contribution in [3.05, 3.63) is 22.7 Å². The van der Waals surface area contributed by atoms with E-state index in [1.165, 1.54) is 12.3 Å². The lowest BCUT2D eigenvalue weighted by Gasteiger charge is -2.23. The number of nitrogens with two attached hydrogens (primary N) is 1. The molecule has 0 aliphatic carbocycles. The molecule has 1 aromatic rings. The minimum absolute atomic E-state index is 0.0252. The van der Waals surface area contributed by atoms with Crippen molar-refractivity contribution in [2.45, 2.75) is 24.5 Å². The van der Waals surface area contributed by atoms with Gasteiger partial charge in [0.05, 0.1) is 6.61 Å². The van der Waals surface area contributed by atoms with Crippen LogP contribution in [0.1, 0.15) is 6.23 Å². The summed E-state index contributed by atoms with van der Waals surface area (Å²) in [4.78, 5) is 24.5. The number of terminal acetylenes is 1. The molecule has 11 heteroatoms. The number of nitrogen functional groups attached to an aromatic ring is 1. The number of rotatable bonds is 6. The van der Waals surface area contributed by atoms with Crippen LogP contribution in [0.2, 0.25) is 0 Å². The molecule has 5 atom stereocenters. The van der Waals surface area contributed by atoms with E-state index in [1.807, 2.05) is 0 Å². The van der Waals surface area contributed by atoms with E-state index in [2.05, 4.69) is 10.9 Å². The Morgan fingerprint density at radius 1 is 1.57 bits per heavy atom. The highest BCUT2D eigenvalue weighted by Crippen LogP contribution is 2.36. The Hall–Kier alpha value is -1.73. The minimum atomic E-state index is -3.33. The zero-order valence-electron chi connectivity index (χ0n) is 11.9. The minimum Gasteiger partial charge on any atom is -0.394 e. The molecule has 10 nitrogen and oxygen atoms in total. The van der Waals surface area contributed by atoms with Crippen LogP contribution in [0.15, 0.2) is 17.1 Å². The van der Waals surface area contributed by atoms with E-state index in [-0.39, 0.29) is 12.4 Å². The van der Waals surface area contributed by atoms with Crippen molar-refractivity contribution in [1.29, 1.82) is 0 Å². The molecule has 23 heavy (non-hydrogen) atoms. The number of nitrogens with zero attached hydrogens (tertiary/aromatic N) is 2. The van der Waals surface area contributed by atoms with Crippen LogP contribution < -0.4 is 11.4 Å². The van der Waals surface area contributed by atoms with Crippen molar-refractivity contribution >= 4 is 14.1 Å². The molecule has 0 spiro atoms. The van der Waals surface area contributed by atoms with Gasteiger partial charge in [0, 0.05) is 6.20 Å². The second kappa shape index (κ2) is 7.70. The van der Waals surface area contributed by atoms with Gasteiger partial charge in [-0.1, -0.05) is 5.92 Å². The topological polar surface area (TPSA) is 146 Å². The zero-order valence-corrected chi connectivity index (χ0v) is 12.9. The highest BCUT2D eigenvalue weighted by atomic mass is 31.1. The van der Waals surface area contributed by atoms with Crippen molar-refractivity contribution in [2.24, 2.45) is 0 Å². The summed E-state index contributed by atoms with van der Waals surface area (Å²) < 4.78 is 27.9. The highest BCUT2D eigenvalue weighted by Gasteiger charge is 2.48. The maximum absolute atomic E-state index is 12.0. The molecule has 1 aromatic heterocycles. The molecule has 2 heterocycles. The van der Waals surface area contributed by atoms with Gasteiger partial charge in [0.25, 0.3) is 0 Å². The van der Waals surface area contributed by atoms with Crippen molar-refractivity contribution in [3.8, 4) is 12.3 Å². The summed E-state index contributed by atoms with van der Waals surface area (Å²) in [7, 11) is -3.33. The maximum Gasteiger partial charge on any atom is 0.351 e. The number of hydrogen-bond acceptors (Lipinski definition) is 8. The van der Waals surface area contributed by atoms with Gasteiger partial charge in [0.1, 0.15) is 30.7 Å². The average Bonchev–Trinajstić information content (AvgIpc) is 2.82. The molecule has 1 saturated heterocycles. The van der Waals surface area contributed by atoms with Crippen molar-refractivity contribution < 1.29 is 28.6 Å². The van der Waals surface area contributed by atoms with E-state index in [1.54, 1.807) is 0 Å². The van der Waals surface area contributed by atoms with Crippen LogP contribution in [-0.4, -0.2) is 51.1 Å². The SMILES string of the molecule is C#CCOC1C(O[PH](=O)O)C(CO)OC1n1ccc(N)nc1=O. The Labute approximate surface area is 131 Å². The van der Waals surface area contributed by atoms with E-state index in [0.717, 1.165) is 4.57 Å². The third-order valence-electron chi connectivity index (χ3n) is 3.19. The van der Waals surface area contributed by atoms with Crippen molar-refractivity contribution in [2.75, 3.05) is 18.9 Å². The van der Waals surface area contributed by atoms with Gasteiger partial charge in [0.2, 0.25) is 0 Å². The lowest BCUT2D eigenvalue weighted by molar-refractivity contribution is -0.0675. The first-order valence-electron chi connectivity index (χ1n) is 6.53. The van der Waals surface area contributed by atoms with E-state index in [0.29, 0.717) is 0 Å². The normalized spacial score (nSPS) is 28.4. The maximum atomic E-state index is 12.0. The molecule has 1 aliphatic rings. The second-order valence-electron chi connectivity index (χ2n) is 4.62. The van der Waals surface area contributed by atoms with Gasteiger partial charge in [-0.05, 0) is 6.07 Å². The van der Waals surface area contributed by atoms with Crippen molar-refractivity contribution in [1.82, 2.24) is 9.55 Å². The van der Waals surface area contributed by atoms with Crippen LogP contribution >= 0.6 is 8.25 Å². The van der Waals surface area contributed by atoms with E-state index in [4.69, 9.17) is 31.0 Å². The Bertz CT molecular complexity index is 673. The molecule has 126 valence electrons.